The Balaban J connectivity index is 2.08. The molecule has 0 saturated heterocycles. The smallest absolute Gasteiger partial charge is 0.124 e. The Kier molecular flexibility index (Phi) is 5.25. The van der Waals surface area contributed by atoms with Gasteiger partial charge in [0, 0.05) is 21.6 Å². The van der Waals surface area contributed by atoms with E-state index in [2.05, 4.69) is 27.3 Å². The van der Waals surface area contributed by atoms with E-state index in [9.17, 15) is 0 Å². The molecule has 2 nitrogen and oxygen atoms in total. The van der Waals surface area contributed by atoms with E-state index in [4.69, 9.17) is 16.3 Å². The first kappa shape index (κ1) is 14.4. The lowest BCUT2D eigenvalue weighted by Gasteiger charge is -2.12. The van der Waals surface area contributed by atoms with E-state index in [0.717, 1.165) is 32.9 Å². The fourth-order valence-electron chi connectivity index (χ4n) is 1.76. The summed E-state index contributed by atoms with van der Waals surface area (Å²) < 4.78 is 6.92. The van der Waals surface area contributed by atoms with Crippen LogP contribution in [0.2, 0.25) is 5.02 Å². The SMILES string of the molecule is CNCc1cc(Br)ccc1OCc1ccc(Cl)cc1. The maximum absolute atomic E-state index is 5.87. The monoisotopic (exact) mass is 339 g/mol. The van der Waals surface area contributed by atoms with Crippen molar-refractivity contribution in [3.8, 4) is 5.75 Å². The van der Waals surface area contributed by atoms with Crippen LogP contribution in [0.4, 0.5) is 0 Å². The van der Waals surface area contributed by atoms with E-state index in [0.29, 0.717) is 6.61 Å². The summed E-state index contributed by atoms with van der Waals surface area (Å²) in [5.41, 5.74) is 2.23. The zero-order valence-electron chi connectivity index (χ0n) is 10.6. The van der Waals surface area contributed by atoms with Gasteiger partial charge in [-0.15, -0.1) is 0 Å². The van der Waals surface area contributed by atoms with Gasteiger partial charge in [0.1, 0.15) is 12.4 Å². The molecule has 0 spiro atoms. The highest BCUT2D eigenvalue weighted by Crippen LogP contribution is 2.24. The zero-order chi connectivity index (χ0) is 13.7. The highest BCUT2D eigenvalue weighted by Gasteiger charge is 2.04. The Bertz CT molecular complexity index is 542. The van der Waals surface area contributed by atoms with Crippen LogP contribution in [0.5, 0.6) is 5.75 Å². The summed E-state index contributed by atoms with van der Waals surface area (Å²) in [4.78, 5) is 0. The van der Waals surface area contributed by atoms with Crippen molar-refractivity contribution in [2.24, 2.45) is 0 Å². The van der Waals surface area contributed by atoms with Crippen LogP contribution in [0.25, 0.3) is 0 Å². The van der Waals surface area contributed by atoms with Gasteiger partial charge in [0.05, 0.1) is 0 Å². The minimum atomic E-state index is 0.537. The predicted molar refractivity (Wildman–Crippen MR) is 82.7 cm³/mol. The molecule has 4 heteroatoms. The number of halogens is 2. The molecule has 0 heterocycles. The fraction of sp³-hybridized carbons (Fsp3) is 0.200. The molecule has 2 aromatic carbocycles. The molecule has 19 heavy (non-hydrogen) atoms. The summed E-state index contributed by atoms with van der Waals surface area (Å²) >= 11 is 9.33. The van der Waals surface area contributed by atoms with E-state index in [1.807, 2.05) is 43.4 Å². The Morgan fingerprint density at radius 1 is 1.16 bits per heavy atom. The summed E-state index contributed by atoms with van der Waals surface area (Å²) in [7, 11) is 1.92. The lowest BCUT2D eigenvalue weighted by Crippen LogP contribution is -2.07. The molecule has 0 aliphatic carbocycles. The fourth-order valence-corrected chi connectivity index (χ4v) is 2.29. The third-order valence-electron chi connectivity index (χ3n) is 2.70. The highest BCUT2D eigenvalue weighted by molar-refractivity contribution is 9.10. The highest BCUT2D eigenvalue weighted by atomic mass is 79.9. The molecule has 0 radical (unpaired) electrons. The number of ether oxygens (including phenoxy) is 1. The zero-order valence-corrected chi connectivity index (χ0v) is 13.0. The van der Waals surface area contributed by atoms with Gasteiger partial charge in [-0.25, -0.2) is 0 Å². The van der Waals surface area contributed by atoms with Crippen molar-refractivity contribution in [1.82, 2.24) is 5.32 Å². The van der Waals surface area contributed by atoms with Crippen molar-refractivity contribution in [3.63, 3.8) is 0 Å². The second kappa shape index (κ2) is 6.94. The van der Waals surface area contributed by atoms with Gasteiger partial charge in [-0.1, -0.05) is 39.7 Å². The standard InChI is InChI=1S/C15H15BrClNO/c1-18-9-12-8-13(16)4-7-15(12)19-10-11-2-5-14(17)6-3-11/h2-8,18H,9-10H2,1H3. The van der Waals surface area contributed by atoms with Gasteiger partial charge in [-0.2, -0.15) is 0 Å². The molecule has 0 amide bonds. The van der Waals surface area contributed by atoms with E-state index in [1.54, 1.807) is 0 Å². The van der Waals surface area contributed by atoms with Crippen LogP contribution in [0.3, 0.4) is 0 Å². The van der Waals surface area contributed by atoms with Crippen LogP contribution < -0.4 is 10.1 Å². The third-order valence-corrected chi connectivity index (χ3v) is 3.44. The summed E-state index contributed by atoms with van der Waals surface area (Å²) in [6.45, 7) is 1.31. The van der Waals surface area contributed by atoms with E-state index in [1.165, 1.54) is 0 Å². The summed E-state index contributed by atoms with van der Waals surface area (Å²) in [5.74, 6) is 0.896. The molecule has 0 saturated carbocycles. The molecule has 0 fully saturated rings. The molecule has 0 atom stereocenters. The van der Waals surface area contributed by atoms with Crippen molar-refractivity contribution in [2.75, 3.05) is 7.05 Å². The quantitative estimate of drug-likeness (QED) is 0.871. The number of rotatable bonds is 5. The predicted octanol–water partition coefficient (Wildman–Crippen LogP) is 4.40. The van der Waals surface area contributed by atoms with Crippen molar-refractivity contribution in [1.29, 1.82) is 0 Å². The average Bonchev–Trinajstić information content (AvgIpc) is 2.40. The van der Waals surface area contributed by atoms with Crippen LogP contribution >= 0.6 is 27.5 Å². The Hall–Kier alpha value is -1.03. The second-order valence-electron chi connectivity index (χ2n) is 4.20. The van der Waals surface area contributed by atoms with Gasteiger partial charge >= 0.3 is 0 Å². The molecule has 1 N–H and O–H groups in total. The second-order valence-corrected chi connectivity index (χ2v) is 5.55. The Labute approximate surface area is 126 Å². The minimum absolute atomic E-state index is 0.537. The van der Waals surface area contributed by atoms with Crippen molar-refractivity contribution >= 4 is 27.5 Å². The molecule has 0 bridgehead atoms. The van der Waals surface area contributed by atoms with Gasteiger partial charge in [-0.3, -0.25) is 0 Å². The maximum Gasteiger partial charge on any atom is 0.124 e. The van der Waals surface area contributed by atoms with Crippen LogP contribution in [0.15, 0.2) is 46.9 Å². The molecule has 0 aliphatic rings. The number of benzene rings is 2. The topological polar surface area (TPSA) is 21.3 Å². The van der Waals surface area contributed by atoms with Crippen LogP contribution in [0, 0.1) is 0 Å². The minimum Gasteiger partial charge on any atom is -0.489 e. The molecule has 100 valence electrons. The van der Waals surface area contributed by atoms with E-state index in [-0.39, 0.29) is 0 Å². The number of nitrogens with one attached hydrogen (secondary N) is 1. The molecular weight excluding hydrogens is 326 g/mol. The van der Waals surface area contributed by atoms with Gasteiger partial charge in [0.2, 0.25) is 0 Å². The van der Waals surface area contributed by atoms with Gasteiger partial charge in [0.25, 0.3) is 0 Å². The molecule has 0 unspecified atom stereocenters. The largest absolute Gasteiger partial charge is 0.489 e. The van der Waals surface area contributed by atoms with Crippen molar-refractivity contribution in [2.45, 2.75) is 13.2 Å². The summed E-state index contributed by atoms with van der Waals surface area (Å²) in [6, 6.07) is 13.7. The average molecular weight is 341 g/mol. The summed E-state index contributed by atoms with van der Waals surface area (Å²) in [5, 5.41) is 3.88. The first-order chi connectivity index (χ1) is 9.19. The molecule has 0 aliphatic heterocycles. The van der Waals surface area contributed by atoms with Crippen LogP contribution in [0.1, 0.15) is 11.1 Å². The number of hydrogen-bond donors (Lipinski definition) is 1. The van der Waals surface area contributed by atoms with E-state index < -0.39 is 0 Å². The van der Waals surface area contributed by atoms with Crippen molar-refractivity contribution in [3.05, 3.63) is 63.1 Å². The Morgan fingerprint density at radius 2 is 1.89 bits per heavy atom. The lowest BCUT2D eigenvalue weighted by molar-refractivity contribution is 0.302. The van der Waals surface area contributed by atoms with Crippen LogP contribution in [-0.2, 0) is 13.2 Å². The first-order valence-corrected chi connectivity index (χ1v) is 7.16. The molecule has 2 rings (SSSR count). The Morgan fingerprint density at radius 3 is 2.58 bits per heavy atom. The third kappa shape index (κ3) is 4.23. The van der Waals surface area contributed by atoms with Gasteiger partial charge in [-0.05, 0) is 42.9 Å². The summed E-state index contributed by atoms with van der Waals surface area (Å²) in [6.07, 6.45) is 0. The first-order valence-electron chi connectivity index (χ1n) is 5.99. The van der Waals surface area contributed by atoms with Gasteiger partial charge in [0.15, 0.2) is 0 Å². The normalized spacial score (nSPS) is 10.5. The molecular formula is C15H15BrClNO. The van der Waals surface area contributed by atoms with Gasteiger partial charge < -0.3 is 10.1 Å². The van der Waals surface area contributed by atoms with Crippen LogP contribution in [-0.4, -0.2) is 7.05 Å². The molecule has 0 aromatic heterocycles. The van der Waals surface area contributed by atoms with E-state index >= 15 is 0 Å². The lowest BCUT2D eigenvalue weighted by atomic mass is 10.2. The van der Waals surface area contributed by atoms with Crippen molar-refractivity contribution < 1.29 is 4.74 Å². The number of hydrogen-bond acceptors (Lipinski definition) is 2. The maximum atomic E-state index is 5.87. The molecule has 2 aromatic rings.